The summed E-state index contributed by atoms with van der Waals surface area (Å²) < 4.78 is 2.19. The zero-order valence-electron chi connectivity index (χ0n) is 22.3. The molecule has 0 saturated carbocycles. The Balaban J connectivity index is 1.14. The number of aromatic nitrogens is 3. The molecule has 0 saturated heterocycles. The van der Waals surface area contributed by atoms with Crippen LogP contribution in [0.4, 0.5) is 0 Å². The molecule has 0 atom stereocenters. The van der Waals surface area contributed by atoms with E-state index >= 15 is 0 Å². The topological polar surface area (TPSA) is 30.7 Å². The molecule has 0 N–H and O–H groups in total. The monoisotopic (exact) mass is 523 g/mol. The summed E-state index contributed by atoms with van der Waals surface area (Å²) in [6.45, 7) is 0. The maximum absolute atomic E-state index is 4.88. The molecular weight excluding hydrogens is 498 g/mol. The van der Waals surface area contributed by atoms with E-state index in [1.807, 2.05) is 18.5 Å². The van der Waals surface area contributed by atoms with Crippen molar-refractivity contribution >= 4 is 32.6 Å². The van der Waals surface area contributed by atoms with Gasteiger partial charge in [-0.3, -0.25) is 4.57 Å². The first-order chi connectivity index (χ1) is 20.3. The lowest BCUT2D eigenvalue weighted by Crippen LogP contribution is -2.01. The number of fused-ring (bicyclic) bond motifs is 5. The molecule has 0 radical (unpaired) electrons. The molecule has 2 heterocycles. The van der Waals surface area contributed by atoms with Gasteiger partial charge in [-0.2, -0.15) is 0 Å². The van der Waals surface area contributed by atoms with Gasteiger partial charge < -0.3 is 0 Å². The van der Waals surface area contributed by atoms with E-state index in [-0.39, 0.29) is 0 Å². The van der Waals surface area contributed by atoms with Crippen molar-refractivity contribution in [3.05, 3.63) is 152 Å². The molecule has 192 valence electrons. The van der Waals surface area contributed by atoms with Gasteiger partial charge in [0.1, 0.15) is 0 Å². The molecule has 0 fully saturated rings. The van der Waals surface area contributed by atoms with Gasteiger partial charge in [-0.05, 0) is 39.3 Å². The lowest BCUT2D eigenvalue weighted by atomic mass is 9.99. The molecular formula is C38H25N3. The van der Waals surface area contributed by atoms with E-state index in [0.29, 0.717) is 5.95 Å². The van der Waals surface area contributed by atoms with Crippen LogP contribution in [0.2, 0.25) is 0 Å². The highest BCUT2D eigenvalue weighted by molar-refractivity contribution is 6.18. The van der Waals surface area contributed by atoms with Crippen molar-refractivity contribution in [3.63, 3.8) is 0 Å². The van der Waals surface area contributed by atoms with Gasteiger partial charge in [-0.1, -0.05) is 133 Å². The Hall–Kier alpha value is -5.54. The summed E-state index contributed by atoms with van der Waals surface area (Å²) in [6, 6.07) is 49.2. The normalized spacial score (nSPS) is 11.4. The van der Waals surface area contributed by atoms with Gasteiger partial charge in [-0.25, -0.2) is 9.97 Å². The molecule has 41 heavy (non-hydrogen) atoms. The molecule has 0 bridgehead atoms. The van der Waals surface area contributed by atoms with Gasteiger partial charge in [0.15, 0.2) is 0 Å². The van der Waals surface area contributed by atoms with Crippen LogP contribution >= 0.6 is 0 Å². The second-order valence-corrected chi connectivity index (χ2v) is 10.3. The third kappa shape index (κ3) is 3.98. The molecule has 2 aromatic heterocycles. The van der Waals surface area contributed by atoms with Crippen LogP contribution in [-0.4, -0.2) is 14.5 Å². The third-order valence-corrected chi connectivity index (χ3v) is 7.94. The Kier molecular flexibility index (Phi) is 5.46. The Labute approximate surface area is 238 Å². The summed E-state index contributed by atoms with van der Waals surface area (Å²) in [7, 11) is 0. The van der Waals surface area contributed by atoms with Crippen molar-refractivity contribution < 1.29 is 0 Å². The smallest absolute Gasteiger partial charge is 0.234 e. The highest BCUT2D eigenvalue weighted by Crippen LogP contribution is 2.36. The standard InChI is InChI=1S/C38H25N3/c1-2-8-26(9-3-1)27-14-16-28(17-15-27)29-18-20-30(21-19-29)32-24-39-38(40-25-32)41-36-13-7-6-12-34(36)35-23-22-31-10-4-5-11-33(31)37(35)41/h1-25H. The zero-order chi connectivity index (χ0) is 27.2. The fraction of sp³-hybridized carbons (Fsp3) is 0. The van der Waals surface area contributed by atoms with E-state index in [1.165, 1.54) is 43.8 Å². The molecule has 0 aliphatic rings. The van der Waals surface area contributed by atoms with Crippen LogP contribution < -0.4 is 0 Å². The molecule has 0 aliphatic heterocycles. The number of hydrogen-bond donors (Lipinski definition) is 0. The van der Waals surface area contributed by atoms with Crippen LogP contribution in [0.1, 0.15) is 0 Å². The first-order valence-corrected chi connectivity index (χ1v) is 13.8. The van der Waals surface area contributed by atoms with E-state index in [1.54, 1.807) is 0 Å². The minimum absolute atomic E-state index is 0.673. The molecule has 0 unspecified atom stereocenters. The molecule has 3 nitrogen and oxygen atoms in total. The average Bonchev–Trinajstić information content (AvgIpc) is 3.40. The lowest BCUT2D eigenvalue weighted by molar-refractivity contribution is 0.992. The molecule has 3 heteroatoms. The number of hydrogen-bond acceptors (Lipinski definition) is 2. The molecule has 6 aromatic carbocycles. The number of rotatable bonds is 4. The van der Waals surface area contributed by atoms with Gasteiger partial charge in [0.25, 0.3) is 0 Å². The molecule has 0 spiro atoms. The Morgan fingerprint density at radius 1 is 0.366 bits per heavy atom. The highest BCUT2D eigenvalue weighted by Gasteiger charge is 2.16. The maximum atomic E-state index is 4.88. The minimum atomic E-state index is 0.673. The van der Waals surface area contributed by atoms with Crippen LogP contribution in [-0.2, 0) is 0 Å². The summed E-state index contributed by atoms with van der Waals surface area (Å²) in [5.41, 5.74) is 9.16. The predicted molar refractivity (Wildman–Crippen MR) is 170 cm³/mol. The quantitative estimate of drug-likeness (QED) is 0.230. The summed E-state index contributed by atoms with van der Waals surface area (Å²) in [5.74, 6) is 0.673. The van der Waals surface area contributed by atoms with Crippen LogP contribution in [0.3, 0.4) is 0 Å². The summed E-state index contributed by atoms with van der Waals surface area (Å²) in [6.07, 6.45) is 3.86. The Bertz CT molecular complexity index is 2160. The van der Waals surface area contributed by atoms with Crippen LogP contribution in [0, 0.1) is 0 Å². The van der Waals surface area contributed by atoms with Gasteiger partial charge in [0.05, 0.1) is 11.0 Å². The van der Waals surface area contributed by atoms with Crippen LogP contribution in [0.25, 0.3) is 71.9 Å². The van der Waals surface area contributed by atoms with Crippen molar-refractivity contribution in [2.75, 3.05) is 0 Å². The number of para-hydroxylation sites is 1. The highest BCUT2D eigenvalue weighted by atomic mass is 15.1. The Morgan fingerprint density at radius 2 is 0.878 bits per heavy atom. The predicted octanol–water partition coefficient (Wildman–Crippen LogP) is 9.73. The van der Waals surface area contributed by atoms with Gasteiger partial charge in [0, 0.05) is 34.1 Å². The van der Waals surface area contributed by atoms with Gasteiger partial charge >= 0.3 is 0 Å². The second-order valence-electron chi connectivity index (χ2n) is 10.3. The summed E-state index contributed by atoms with van der Waals surface area (Å²) >= 11 is 0. The van der Waals surface area contributed by atoms with E-state index < -0.39 is 0 Å². The van der Waals surface area contributed by atoms with Crippen molar-refractivity contribution in [1.29, 1.82) is 0 Å². The van der Waals surface area contributed by atoms with Crippen molar-refractivity contribution in [1.82, 2.24) is 14.5 Å². The second kappa shape index (κ2) is 9.58. The Morgan fingerprint density at radius 3 is 1.54 bits per heavy atom. The van der Waals surface area contributed by atoms with Crippen molar-refractivity contribution in [2.24, 2.45) is 0 Å². The van der Waals surface area contributed by atoms with Crippen LogP contribution in [0.5, 0.6) is 0 Å². The third-order valence-electron chi connectivity index (χ3n) is 7.94. The molecule has 8 rings (SSSR count). The summed E-state index contributed by atoms with van der Waals surface area (Å²) in [4.78, 5) is 9.75. The van der Waals surface area contributed by atoms with Gasteiger partial charge in [-0.15, -0.1) is 0 Å². The van der Waals surface area contributed by atoms with Gasteiger partial charge in [0.2, 0.25) is 5.95 Å². The first kappa shape index (κ1) is 23.4. The first-order valence-electron chi connectivity index (χ1n) is 13.8. The van der Waals surface area contributed by atoms with E-state index in [9.17, 15) is 0 Å². The van der Waals surface area contributed by atoms with Crippen LogP contribution in [0.15, 0.2) is 152 Å². The molecule has 8 aromatic rings. The zero-order valence-corrected chi connectivity index (χ0v) is 22.3. The van der Waals surface area contributed by atoms with E-state index in [2.05, 4.69) is 138 Å². The summed E-state index contributed by atoms with van der Waals surface area (Å²) in [5, 5.41) is 4.81. The minimum Gasteiger partial charge on any atom is -0.277 e. The molecule has 0 aliphatic carbocycles. The van der Waals surface area contributed by atoms with E-state index in [4.69, 9.17) is 9.97 Å². The number of nitrogens with zero attached hydrogens (tertiary/aromatic N) is 3. The lowest BCUT2D eigenvalue weighted by Gasteiger charge is -2.09. The molecule has 0 amide bonds. The van der Waals surface area contributed by atoms with Crippen molar-refractivity contribution in [2.45, 2.75) is 0 Å². The van der Waals surface area contributed by atoms with E-state index in [0.717, 1.165) is 22.2 Å². The average molecular weight is 524 g/mol. The largest absolute Gasteiger partial charge is 0.277 e. The van der Waals surface area contributed by atoms with Crippen molar-refractivity contribution in [3.8, 4) is 39.3 Å². The fourth-order valence-electron chi connectivity index (χ4n) is 5.86. The SMILES string of the molecule is c1ccc(-c2ccc(-c3ccc(-c4cnc(-n5c6ccccc6c6ccc7ccccc7c65)nc4)cc3)cc2)cc1. The fourth-order valence-corrected chi connectivity index (χ4v) is 5.86. The maximum Gasteiger partial charge on any atom is 0.234 e. The number of benzene rings is 6.